The van der Waals surface area contributed by atoms with Gasteiger partial charge < -0.3 is 14.9 Å². The first-order valence-corrected chi connectivity index (χ1v) is 6.10. The van der Waals surface area contributed by atoms with Crippen LogP contribution in [0.25, 0.3) is 0 Å². The first kappa shape index (κ1) is 12.9. The zero-order chi connectivity index (χ0) is 13.0. The number of hydrogen-bond donors (Lipinski definition) is 1. The Kier molecular flexibility index (Phi) is 4.23. The van der Waals surface area contributed by atoms with Gasteiger partial charge in [-0.2, -0.15) is 0 Å². The zero-order valence-electron chi connectivity index (χ0n) is 10.1. The molecule has 0 aliphatic carbocycles. The van der Waals surface area contributed by atoms with E-state index in [4.69, 9.17) is 26.5 Å². The molecule has 0 aliphatic rings. The summed E-state index contributed by atoms with van der Waals surface area (Å²) in [5.41, 5.74) is 6.39. The number of rotatable bonds is 5. The minimum atomic E-state index is 0.299. The second-order valence-corrected chi connectivity index (χ2v) is 4.33. The summed E-state index contributed by atoms with van der Waals surface area (Å²) >= 11 is 5.79. The quantitative estimate of drug-likeness (QED) is 0.904. The molecular weight excluding hydrogens is 252 g/mol. The second kappa shape index (κ2) is 5.89. The Morgan fingerprint density at radius 3 is 2.72 bits per heavy atom. The number of ether oxygens (including phenoxy) is 1. The highest BCUT2D eigenvalue weighted by Gasteiger charge is 2.09. The van der Waals surface area contributed by atoms with Gasteiger partial charge >= 0.3 is 0 Å². The maximum atomic E-state index is 5.79. The first-order chi connectivity index (χ1) is 8.69. The molecule has 0 saturated heterocycles. The number of benzene rings is 1. The van der Waals surface area contributed by atoms with Crippen LogP contribution in [0.2, 0.25) is 5.02 Å². The molecule has 0 bridgehead atoms. The molecule has 5 heteroatoms. The van der Waals surface area contributed by atoms with Gasteiger partial charge in [-0.15, -0.1) is 0 Å². The number of aryl methyl sites for hydroxylation is 1. The summed E-state index contributed by atoms with van der Waals surface area (Å²) in [7, 11) is 0. The zero-order valence-corrected chi connectivity index (χ0v) is 10.9. The smallest absolute Gasteiger partial charge is 0.232 e. The van der Waals surface area contributed by atoms with Crippen molar-refractivity contribution in [3.63, 3.8) is 0 Å². The van der Waals surface area contributed by atoms with E-state index in [1.54, 1.807) is 24.3 Å². The van der Waals surface area contributed by atoms with E-state index in [0.29, 0.717) is 24.1 Å². The number of halogens is 1. The SMILES string of the molecule is Cc1oc(COc2ccc(Cl)cc2)nc1CCN. The summed E-state index contributed by atoms with van der Waals surface area (Å²) in [5.74, 6) is 2.09. The van der Waals surface area contributed by atoms with E-state index in [1.807, 2.05) is 6.92 Å². The molecular formula is C13H15ClN2O2. The minimum absolute atomic E-state index is 0.299. The fourth-order valence-corrected chi connectivity index (χ4v) is 1.72. The molecule has 2 aromatic rings. The molecule has 0 spiro atoms. The van der Waals surface area contributed by atoms with E-state index in [9.17, 15) is 0 Å². The van der Waals surface area contributed by atoms with Gasteiger partial charge in [0.05, 0.1) is 5.69 Å². The number of nitrogens with two attached hydrogens (primary N) is 1. The van der Waals surface area contributed by atoms with Crippen molar-refractivity contribution < 1.29 is 9.15 Å². The van der Waals surface area contributed by atoms with Crippen LogP contribution in [0.1, 0.15) is 17.3 Å². The molecule has 1 heterocycles. The minimum Gasteiger partial charge on any atom is -0.484 e. The maximum absolute atomic E-state index is 5.79. The third-order valence-corrected chi connectivity index (χ3v) is 2.75. The first-order valence-electron chi connectivity index (χ1n) is 5.72. The Balaban J connectivity index is 1.97. The third-order valence-electron chi connectivity index (χ3n) is 2.49. The molecule has 0 fully saturated rings. The average molecular weight is 267 g/mol. The molecule has 0 atom stereocenters. The fourth-order valence-electron chi connectivity index (χ4n) is 1.59. The van der Waals surface area contributed by atoms with E-state index in [0.717, 1.165) is 23.6 Å². The van der Waals surface area contributed by atoms with Gasteiger partial charge in [0, 0.05) is 11.4 Å². The molecule has 4 nitrogen and oxygen atoms in total. The van der Waals surface area contributed by atoms with Gasteiger partial charge in [-0.1, -0.05) is 11.6 Å². The van der Waals surface area contributed by atoms with Crippen LogP contribution < -0.4 is 10.5 Å². The van der Waals surface area contributed by atoms with Crippen molar-refractivity contribution in [2.75, 3.05) is 6.54 Å². The van der Waals surface area contributed by atoms with E-state index < -0.39 is 0 Å². The monoisotopic (exact) mass is 266 g/mol. The second-order valence-electron chi connectivity index (χ2n) is 3.89. The molecule has 0 saturated carbocycles. The molecule has 2 rings (SSSR count). The van der Waals surface area contributed by atoms with Gasteiger partial charge in [0.15, 0.2) is 6.61 Å². The number of aromatic nitrogens is 1. The normalized spacial score (nSPS) is 10.6. The molecule has 0 radical (unpaired) electrons. The van der Waals surface area contributed by atoms with Gasteiger partial charge in [0.1, 0.15) is 11.5 Å². The number of oxazole rings is 1. The van der Waals surface area contributed by atoms with Crippen LogP contribution >= 0.6 is 11.6 Å². The lowest BCUT2D eigenvalue weighted by atomic mass is 10.3. The van der Waals surface area contributed by atoms with Crippen molar-refractivity contribution in [3.8, 4) is 5.75 Å². The molecule has 1 aromatic carbocycles. The summed E-state index contributed by atoms with van der Waals surface area (Å²) in [5, 5.41) is 0.680. The summed E-state index contributed by atoms with van der Waals surface area (Å²) in [6, 6.07) is 7.16. The molecule has 2 N–H and O–H groups in total. The predicted octanol–water partition coefficient (Wildman–Crippen LogP) is 2.72. The van der Waals surface area contributed by atoms with Crippen molar-refractivity contribution in [1.82, 2.24) is 4.98 Å². The lowest BCUT2D eigenvalue weighted by Crippen LogP contribution is -2.04. The van der Waals surface area contributed by atoms with E-state index in [2.05, 4.69) is 4.98 Å². The van der Waals surface area contributed by atoms with Gasteiger partial charge in [0.25, 0.3) is 0 Å². The maximum Gasteiger partial charge on any atom is 0.232 e. The van der Waals surface area contributed by atoms with Gasteiger partial charge in [-0.05, 0) is 37.7 Å². The topological polar surface area (TPSA) is 61.3 Å². The van der Waals surface area contributed by atoms with Crippen LogP contribution in [0.3, 0.4) is 0 Å². The molecule has 0 aliphatic heterocycles. The summed E-state index contributed by atoms with van der Waals surface area (Å²) in [6.07, 6.45) is 0.719. The Bertz CT molecular complexity index is 508. The van der Waals surface area contributed by atoms with Crippen LogP contribution in [0.15, 0.2) is 28.7 Å². The van der Waals surface area contributed by atoms with E-state index >= 15 is 0 Å². The Hall–Kier alpha value is -1.52. The highest BCUT2D eigenvalue weighted by Crippen LogP contribution is 2.17. The predicted molar refractivity (Wildman–Crippen MR) is 69.8 cm³/mol. The van der Waals surface area contributed by atoms with Crippen LogP contribution in [0, 0.1) is 6.92 Å². The van der Waals surface area contributed by atoms with Crippen molar-refractivity contribution >= 4 is 11.6 Å². The molecule has 96 valence electrons. The Morgan fingerprint density at radius 1 is 1.33 bits per heavy atom. The number of hydrogen-bond acceptors (Lipinski definition) is 4. The van der Waals surface area contributed by atoms with Crippen LogP contribution in [-0.2, 0) is 13.0 Å². The summed E-state index contributed by atoms with van der Waals surface area (Å²) in [4.78, 5) is 4.33. The fraction of sp³-hybridized carbons (Fsp3) is 0.308. The summed E-state index contributed by atoms with van der Waals surface area (Å²) < 4.78 is 11.0. The highest BCUT2D eigenvalue weighted by molar-refractivity contribution is 6.30. The van der Waals surface area contributed by atoms with Crippen molar-refractivity contribution in [3.05, 3.63) is 46.6 Å². The van der Waals surface area contributed by atoms with Crippen LogP contribution in [0.5, 0.6) is 5.75 Å². The van der Waals surface area contributed by atoms with Gasteiger partial charge in [-0.3, -0.25) is 0 Å². The van der Waals surface area contributed by atoms with Crippen molar-refractivity contribution in [1.29, 1.82) is 0 Å². The van der Waals surface area contributed by atoms with Gasteiger partial charge in [-0.25, -0.2) is 4.98 Å². The number of nitrogens with zero attached hydrogens (tertiary/aromatic N) is 1. The third kappa shape index (κ3) is 3.24. The van der Waals surface area contributed by atoms with Crippen molar-refractivity contribution in [2.24, 2.45) is 5.73 Å². The lowest BCUT2D eigenvalue weighted by molar-refractivity contribution is 0.260. The van der Waals surface area contributed by atoms with Crippen molar-refractivity contribution in [2.45, 2.75) is 20.0 Å². The molecule has 1 aromatic heterocycles. The van der Waals surface area contributed by atoms with E-state index in [1.165, 1.54) is 0 Å². The largest absolute Gasteiger partial charge is 0.484 e. The van der Waals surface area contributed by atoms with Gasteiger partial charge in [0.2, 0.25) is 5.89 Å². The molecule has 0 unspecified atom stereocenters. The Labute approximate surface area is 111 Å². The summed E-state index contributed by atoms with van der Waals surface area (Å²) in [6.45, 7) is 2.74. The Morgan fingerprint density at radius 2 is 2.06 bits per heavy atom. The average Bonchev–Trinajstić information content (AvgIpc) is 2.70. The van der Waals surface area contributed by atoms with Crippen LogP contribution in [0.4, 0.5) is 0 Å². The van der Waals surface area contributed by atoms with E-state index in [-0.39, 0.29) is 0 Å². The molecule has 0 amide bonds. The standard InChI is InChI=1S/C13H15ClN2O2/c1-9-12(6-7-15)16-13(18-9)8-17-11-4-2-10(14)3-5-11/h2-5H,6-8,15H2,1H3. The highest BCUT2D eigenvalue weighted by atomic mass is 35.5. The lowest BCUT2D eigenvalue weighted by Gasteiger charge is -2.02. The van der Waals surface area contributed by atoms with Crippen LogP contribution in [-0.4, -0.2) is 11.5 Å². The molecule has 18 heavy (non-hydrogen) atoms.